The molecule has 4 aromatic rings. The van der Waals surface area contributed by atoms with Gasteiger partial charge in [0.05, 0.1) is 18.3 Å². The van der Waals surface area contributed by atoms with E-state index in [4.69, 9.17) is 28.6 Å². The Bertz CT molecular complexity index is 1620. The van der Waals surface area contributed by atoms with Crippen LogP contribution in [0.15, 0.2) is 71.2 Å². The predicted molar refractivity (Wildman–Crippen MR) is 171 cm³/mol. The number of ether oxygens (including phenoxy) is 1. The molecule has 3 aliphatic heterocycles. The van der Waals surface area contributed by atoms with E-state index in [9.17, 15) is 4.79 Å². The van der Waals surface area contributed by atoms with Gasteiger partial charge in [0, 0.05) is 39.1 Å². The van der Waals surface area contributed by atoms with Gasteiger partial charge in [-0.15, -0.1) is 0 Å². The number of benzene rings is 3. The lowest BCUT2D eigenvalue weighted by atomic mass is 9.89. The highest BCUT2D eigenvalue weighted by atomic mass is 79.9. The number of aromatic amines is 1. The molecule has 1 N–H and O–H groups in total. The third-order valence-electron chi connectivity index (χ3n) is 8.47. The summed E-state index contributed by atoms with van der Waals surface area (Å²) in [5.41, 5.74) is 5.06. The van der Waals surface area contributed by atoms with E-state index in [1.54, 1.807) is 17.0 Å². The van der Waals surface area contributed by atoms with Gasteiger partial charge in [0.1, 0.15) is 11.8 Å². The number of thiocarbonyl (C=S) groups is 1. The lowest BCUT2D eigenvalue weighted by Gasteiger charge is -2.37. The number of likely N-dealkylation sites (tertiary alicyclic amines) is 1. The third-order valence-corrected chi connectivity index (χ3v) is 9.61. The summed E-state index contributed by atoms with van der Waals surface area (Å²) < 4.78 is 7.10. The molecule has 2 atom stereocenters. The average molecular weight is 650 g/mol. The van der Waals surface area contributed by atoms with Crippen LogP contribution in [0.25, 0.3) is 10.9 Å². The number of nitrogens with one attached hydrogen (secondary N) is 1. The van der Waals surface area contributed by atoms with Crippen molar-refractivity contribution >= 4 is 67.4 Å². The van der Waals surface area contributed by atoms with Gasteiger partial charge < -0.3 is 19.5 Å². The van der Waals surface area contributed by atoms with Crippen molar-refractivity contribution in [2.45, 2.75) is 37.8 Å². The quantitative estimate of drug-likeness (QED) is 0.171. The molecule has 0 spiro atoms. The Kier molecular flexibility index (Phi) is 7.27. The van der Waals surface area contributed by atoms with Gasteiger partial charge in [-0.2, -0.15) is 0 Å². The monoisotopic (exact) mass is 648 g/mol. The third kappa shape index (κ3) is 4.95. The Morgan fingerprint density at radius 1 is 1.02 bits per heavy atom. The molecule has 0 bridgehead atoms. The average Bonchev–Trinajstić information content (AvgIpc) is 3.69. The largest absolute Gasteiger partial charge is 0.494 e. The summed E-state index contributed by atoms with van der Waals surface area (Å²) in [5, 5.41) is 2.24. The smallest absolute Gasteiger partial charge is 0.256 e. The fourth-order valence-electron chi connectivity index (χ4n) is 6.50. The maximum absolute atomic E-state index is 14.0. The van der Waals surface area contributed by atoms with Crippen LogP contribution in [-0.2, 0) is 11.2 Å². The number of rotatable bonds is 7. The van der Waals surface area contributed by atoms with E-state index in [2.05, 4.69) is 55.0 Å². The molecule has 1 amide bonds. The van der Waals surface area contributed by atoms with Crippen LogP contribution in [0.5, 0.6) is 5.75 Å². The molecule has 0 aliphatic carbocycles. The van der Waals surface area contributed by atoms with Gasteiger partial charge in [-0.1, -0.05) is 39.7 Å². The van der Waals surface area contributed by atoms with Crippen molar-refractivity contribution in [1.82, 2.24) is 14.8 Å². The summed E-state index contributed by atoms with van der Waals surface area (Å²) in [4.78, 5) is 23.9. The van der Waals surface area contributed by atoms with Crippen LogP contribution >= 0.6 is 39.7 Å². The second kappa shape index (κ2) is 11.1. The zero-order valence-corrected chi connectivity index (χ0v) is 25.6. The van der Waals surface area contributed by atoms with Crippen molar-refractivity contribution in [2.24, 2.45) is 0 Å². The van der Waals surface area contributed by atoms with Crippen molar-refractivity contribution in [3.05, 3.63) is 93.0 Å². The normalized spacial score (nSPS) is 20.6. The first kappa shape index (κ1) is 27.0. The van der Waals surface area contributed by atoms with E-state index in [-0.39, 0.29) is 11.9 Å². The Hall–Kier alpha value is -2.91. The van der Waals surface area contributed by atoms with E-state index >= 15 is 0 Å². The Labute approximate surface area is 258 Å². The van der Waals surface area contributed by atoms with E-state index in [0.717, 1.165) is 56.6 Å². The van der Waals surface area contributed by atoms with Crippen molar-refractivity contribution in [2.75, 3.05) is 31.1 Å². The molecule has 2 unspecified atom stereocenters. The molecule has 9 heteroatoms. The molecular weight excluding hydrogens is 620 g/mol. The molecule has 3 aromatic carbocycles. The molecule has 7 rings (SSSR count). The fourth-order valence-corrected chi connectivity index (χ4v) is 7.41. The summed E-state index contributed by atoms with van der Waals surface area (Å²) in [5.74, 6) is 0.835. The van der Waals surface area contributed by atoms with Gasteiger partial charge in [-0.25, -0.2) is 0 Å². The maximum Gasteiger partial charge on any atom is 0.256 e. The number of hydrogen-bond acceptors (Lipinski definition) is 4. The van der Waals surface area contributed by atoms with Gasteiger partial charge >= 0.3 is 0 Å². The van der Waals surface area contributed by atoms with E-state index in [0.29, 0.717) is 23.2 Å². The SMILES string of the molecule is O=C1C2Cc3c([nH]c4ccc(Br)cc34)C(c3ccc(OCCCN4CCCC4)cc3)N2C(=S)N1c1ccc(Cl)cc1. The van der Waals surface area contributed by atoms with Gasteiger partial charge in [0.25, 0.3) is 5.91 Å². The minimum absolute atomic E-state index is 0.0183. The van der Waals surface area contributed by atoms with E-state index in [1.165, 1.54) is 25.9 Å². The van der Waals surface area contributed by atoms with Crippen molar-refractivity contribution in [1.29, 1.82) is 0 Å². The van der Waals surface area contributed by atoms with Crippen molar-refractivity contribution in [3.8, 4) is 5.75 Å². The number of anilines is 1. The molecular formula is C32H30BrClN4O2S. The van der Waals surface area contributed by atoms with Crippen LogP contribution in [0.2, 0.25) is 5.02 Å². The number of aromatic nitrogens is 1. The van der Waals surface area contributed by atoms with E-state index < -0.39 is 6.04 Å². The standard InChI is InChI=1S/C32H30BrClN4O2S/c33-21-6-13-27-25(18-21)26-19-28-31(39)37(23-9-7-22(34)8-10-23)32(41)38(28)30(29(26)35-27)20-4-11-24(12-5-20)40-17-3-16-36-14-1-2-15-36/h4-13,18,28,30,35H,1-3,14-17,19H2. The molecule has 2 fully saturated rings. The number of carbonyl (C=O) groups is 1. The highest BCUT2D eigenvalue weighted by Crippen LogP contribution is 2.45. The lowest BCUT2D eigenvalue weighted by Crippen LogP contribution is -2.44. The molecule has 3 aliphatic rings. The highest BCUT2D eigenvalue weighted by molar-refractivity contribution is 9.10. The van der Waals surface area contributed by atoms with E-state index in [1.807, 2.05) is 30.3 Å². The van der Waals surface area contributed by atoms with Crippen LogP contribution in [0, 0.1) is 0 Å². The maximum atomic E-state index is 14.0. The Morgan fingerprint density at radius 3 is 2.54 bits per heavy atom. The van der Waals surface area contributed by atoms with Crippen LogP contribution in [0.1, 0.15) is 42.1 Å². The zero-order valence-electron chi connectivity index (χ0n) is 22.5. The molecule has 0 radical (unpaired) electrons. The van der Waals surface area contributed by atoms with Crippen molar-refractivity contribution < 1.29 is 9.53 Å². The Balaban J connectivity index is 1.21. The fraction of sp³-hybridized carbons (Fsp3) is 0.312. The molecule has 0 saturated carbocycles. The highest BCUT2D eigenvalue weighted by Gasteiger charge is 2.51. The second-order valence-corrected chi connectivity index (χ2v) is 12.7. The molecule has 4 heterocycles. The first-order chi connectivity index (χ1) is 20.0. The predicted octanol–water partition coefficient (Wildman–Crippen LogP) is 7.10. The molecule has 2 saturated heterocycles. The van der Waals surface area contributed by atoms with Crippen LogP contribution in [0.3, 0.4) is 0 Å². The molecule has 6 nitrogen and oxygen atoms in total. The summed E-state index contributed by atoms with van der Waals surface area (Å²) >= 11 is 15.8. The number of carbonyl (C=O) groups excluding carboxylic acids is 1. The van der Waals surface area contributed by atoms with Gasteiger partial charge in [-0.3, -0.25) is 9.69 Å². The van der Waals surface area contributed by atoms with Crippen LogP contribution in [-0.4, -0.2) is 58.1 Å². The van der Waals surface area contributed by atoms with Crippen LogP contribution < -0.4 is 9.64 Å². The minimum atomic E-state index is -0.407. The number of fused-ring (bicyclic) bond motifs is 4. The minimum Gasteiger partial charge on any atom is -0.494 e. The van der Waals surface area contributed by atoms with Gasteiger partial charge in [-0.05, 0) is 110 Å². The second-order valence-electron chi connectivity index (χ2n) is 11.0. The van der Waals surface area contributed by atoms with Crippen molar-refractivity contribution in [3.63, 3.8) is 0 Å². The summed E-state index contributed by atoms with van der Waals surface area (Å²) in [7, 11) is 0. The number of hydrogen-bond donors (Lipinski definition) is 1. The number of H-pyrrole nitrogens is 1. The first-order valence-electron chi connectivity index (χ1n) is 14.1. The van der Waals surface area contributed by atoms with Gasteiger partial charge in [0.2, 0.25) is 0 Å². The molecule has 1 aromatic heterocycles. The zero-order chi connectivity index (χ0) is 28.1. The first-order valence-corrected chi connectivity index (χ1v) is 15.7. The number of halogens is 2. The molecule has 41 heavy (non-hydrogen) atoms. The molecule has 210 valence electrons. The summed E-state index contributed by atoms with van der Waals surface area (Å²) in [6.07, 6.45) is 4.21. The topological polar surface area (TPSA) is 51.8 Å². The summed E-state index contributed by atoms with van der Waals surface area (Å²) in [6.45, 7) is 4.20. The lowest BCUT2D eigenvalue weighted by molar-refractivity contribution is -0.120. The summed E-state index contributed by atoms with van der Waals surface area (Å²) in [6, 6.07) is 21.2. The number of amides is 1. The number of nitrogens with zero attached hydrogens (tertiary/aromatic N) is 3. The van der Waals surface area contributed by atoms with Gasteiger partial charge in [0.15, 0.2) is 5.11 Å². The Morgan fingerprint density at radius 2 is 1.78 bits per heavy atom. The van der Waals surface area contributed by atoms with Crippen LogP contribution in [0.4, 0.5) is 5.69 Å².